The monoisotopic (exact) mass is 230 g/mol. The highest BCUT2D eigenvalue weighted by molar-refractivity contribution is 7.99. The molecule has 0 N–H and O–H groups in total. The van der Waals surface area contributed by atoms with Crippen molar-refractivity contribution in [3.8, 4) is 0 Å². The Morgan fingerprint density at radius 2 is 2.23 bits per heavy atom. The van der Waals surface area contributed by atoms with Gasteiger partial charge in [-0.25, -0.2) is 4.39 Å². The summed E-state index contributed by atoms with van der Waals surface area (Å²) in [5.74, 6) is -0.202. The second-order valence-electron chi connectivity index (χ2n) is 2.58. The molecule has 68 valence electrons. The zero-order valence-corrected chi connectivity index (χ0v) is 9.40. The van der Waals surface area contributed by atoms with Crippen LogP contribution in [0.3, 0.4) is 0 Å². The lowest BCUT2D eigenvalue weighted by Gasteiger charge is -1.98. The molecule has 0 fully saturated rings. The maximum atomic E-state index is 13.6. The summed E-state index contributed by atoms with van der Waals surface area (Å²) in [6.07, 6.45) is 1.95. The number of fused-ring (bicyclic) bond motifs is 1. The van der Waals surface area contributed by atoms with E-state index in [4.69, 9.17) is 0 Å². The Morgan fingerprint density at radius 1 is 1.46 bits per heavy atom. The van der Waals surface area contributed by atoms with E-state index >= 15 is 0 Å². The molecular weight excluding hydrogens is 223 g/mol. The van der Waals surface area contributed by atoms with Crippen molar-refractivity contribution < 1.29 is 4.39 Å². The number of benzene rings is 1. The fourth-order valence-electron chi connectivity index (χ4n) is 1.20. The first-order valence-corrected chi connectivity index (χ1v) is 6.22. The number of halogens is 1. The van der Waals surface area contributed by atoms with Crippen LogP contribution in [0.25, 0.3) is 10.1 Å². The predicted octanol–water partition coefficient (Wildman–Crippen LogP) is 4.05. The summed E-state index contributed by atoms with van der Waals surface area (Å²) >= 11 is 7.19. The van der Waals surface area contributed by atoms with Crippen molar-refractivity contribution >= 4 is 45.8 Å². The first kappa shape index (κ1) is 9.37. The van der Waals surface area contributed by atoms with Crippen molar-refractivity contribution in [1.29, 1.82) is 0 Å². The zero-order valence-electron chi connectivity index (χ0n) is 6.87. The van der Waals surface area contributed by atoms with Crippen LogP contribution in [0, 0.1) is 5.82 Å². The molecule has 0 saturated heterocycles. The molecule has 1 heterocycles. The largest absolute Gasteiger partial charge is 0.205 e. The Morgan fingerprint density at radius 3 is 2.92 bits per heavy atom. The number of thiophene rings is 1. The van der Waals surface area contributed by atoms with Gasteiger partial charge in [0.15, 0.2) is 0 Å². The fraction of sp³-hybridized carbons (Fsp3) is 0.111. The lowest BCUT2D eigenvalue weighted by atomic mass is 10.2. The SMILES string of the molecule is CSc1csc2ccc(S)c(F)c12. The number of rotatable bonds is 1. The van der Waals surface area contributed by atoms with E-state index in [2.05, 4.69) is 12.6 Å². The molecule has 0 aliphatic carbocycles. The van der Waals surface area contributed by atoms with Crippen LogP contribution in [0.2, 0.25) is 0 Å². The van der Waals surface area contributed by atoms with E-state index in [1.54, 1.807) is 29.2 Å². The Kier molecular flexibility index (Phi) is 2.53. The van der Waals surface area contributed by atoms with Gasteiger partial charge >= 0.3 is 0 Å². The van der Waals surface area contributed by atoms with Gasteiger partial charge in [-0.15, -0.1) is 35.7 Å². The predicted molar refractivity (Wildman–Crippen MR) is 60.8 cm³/mol. The highest BCUT2D eigenvalue weighted by atomic mass is 32.2. The summed E-state index contributed by atoms with van der Waals surface area (Å²) in [5, 5.41) is 2.69. The van der Waals surface area contributed by atoms with Crippen molar-refractivity contribution in [2.24, 2.45) is 0 Å². The molecule has 0 spiro atoms. The lowest BCUT2D eigenvalue weighted by Crippen LogP contribution is -1.79. The van der Waals surface area contributed by atoms with Gasteiger partial charge in [0.05, 0.1) is 0 Å². The molecular formula is C9H7FS3. The van der Waals surface area contributed by atoms with E-state index in [1.807, 2.05) is 17.7 Å². The normalized spacial score (nSPS) is 11.0. The van der Waals surface area contributed by atoms with Crippen LogP contribution in [-0.4, -0.2) is 6.26 Å². The van der Waals surface area contributed by atoms with Crippen molar-refractivity contribution in [2.75, 3.05) is 6.26 Å². The van der Waals surface area contributed by atoms with Gasteiger partial charge in [0.1, 0.15) is 5.82 Å². The van der Waals surface area contributed by atoms with Crippen LogP contribution in [0.4, 0.5) is 4.39 Å². The third-order valence-electron chi connectivity index (χ3n) is 1.84. The van der Waals surface area contributed by atoms with Crippen LogP contribution >= 0.6 is 35.7 Å². The second-order valence-corrected chi connectivity index (χ2v) is 4.82. The molecule has 0 atom stereocenters. The van der Waals surface area contributed by atoms with Gasteiger partial charge in [0.2, 0.25) is 0 Å². The number of thioether (sulfide) groups is 1. The van der Waals surface area contributed by atoms with Gasteiger partial charge in [0, 0.05) is 25.3 Å². The van der Waals surface area contributed by atoms with E-state index in [1.165, 1.54) is 0 Å². The molecule has 0 aliphatic rings. The summed E-state index contributed by atoms with van der Waals surface area (Å²) in [6, 6.07) is 3.60. The fourth-order valence-corrected chi connectivity index (χ4v) is 3.20. The molecule has 1 aromatic heterocycles. The van der Waals surface area contributed by atoms with Crippen LogP contribution in [-0.2, 0) is 0 Å². The minimum absolute atomic E-state index is 0.202. The molecule has 4 heteroatoms. The first-order chi connectivity index (χ1) is 6.24. The average molecular weight is 230 g/mol. The smallest absolute Gasteiger partial charge is 0.146 e. The second kappa shape index (κ2) is 3.52. The summed E-state index contributed by atoms with van der Waals surface area (Å²) in [5.41, 5.74) is 0. The van der Waals surface area contributed by atoms with Crippen molar-refractivity contribution in [2.45, 2.75) is 9.79 Å². The maximum Gasteiger partial charge on any atom is 0.146 e. The minimum atomic E-state index is -0.202. The third-order valence-corrected chi connectivity index (χ3v) is 4.05. The maximum absolute atomic E-state index is 13.6. The van der Waals surface area contributed by atoms with Gasteiger partial charge in [-0.2, -0.15) is 0 Å². The lowest BCUT2D eigenvalue weighted by molar-refractivity contribution is 0.614. The molecule has 0 saturated carbocycles. The molecule has 0 amide bonds. The zero-order chi connectivity index (χ0) is 9.42. The number of thiol groups is 1. The first-order valence-electron chi connectivity index (χ1n) is 3.66. The molecule has 0 radical (unpaired) electrons. The average Bonchev–Trinajstić information content (AvgIpc) is 2.55. The Bertz CT molecular complexity index is 447. The van der Waals surface area contributed by atoms with Gasteiger partial charge in [-0.05, 0) is 18.4 Å². The summed E-state index contributed by atoms with van der Waals surface area (Å²) in [6.45, 7) is 0. The van der Waals surface area contributed by atoms with Crippen molar-refractivity contribution in [1.82, 2.24) is 0 Å². The molecule has 0 nitrogen and oxygen atoms in total. The number of hydrogen-bond donors (Lipinski definition) is 1. The molecule has 0 bridgehead atoms. The van der Waals surface area contributed by atoms with E-state index in [0.29, 0.717) is 10.3 Å². The van der Waals surface area contributed by atoms with E-state index < -0.39 is 0 Å². The van der Waals surface area contributed by atoms with E-state index in [9.17, 15) is 4.39 Å². The van der Waals surface area contributed by atoms with Crippen LogP contribution in [0.15, 0.2) is 27.3 Å². The summed E-state index contributed by atoms with van der Waals surface area (Å²) in [7, 11) is 0. The highest BCUT2D eigenvalue weighted by Gasteiger charge is 2.10. The molecule has 0 aliphatic heterocycles. The minimum Gasteiger partial charge on any atom is -0.205 e. The van der Waals surface area contributed by atoms with E-state index in [-0.39, 0.29) is 5.82 Å². The van der Waals surface area contributed by atoms with Gasteiger partial charge in [0.25, 0.3) is 0 Å². The standard InChI is InChI=1S/C9H7FS3/c1-12-7-4-13-6-3-2-5(11)9(10)8(6)7/h2-4,11H,1H3. The Hall–Kier alpha value is -0.190. The molecule has 13 heavy (non-hydrogen) atoms. The molecule has 2 rings (SSSR count). The van der Waals surface area contributed by atoms with Crippen LogP contribution in [0.5, 0.6) is 0 Å². The summed E-state index contributed by atoms with van der Waals surface area (Å²) < 4.78 is 14.6. The van der Waals surface area contributed by atoms with Crippen molar-refractivity contribution in [3.05, 3.63) is 23.3 Å². The van der Waals surface area contributed by atoms with E-state index in [0.717, 1.165) is 9.60 Å². The topological polar surface area (TPSA) is 0 Å². The Balaban J connectivity index is 2.85. The van der Waals surface area contributed by atoms with Gasteiger partial charge in [-0.3, -0.25) is 0 Å². The van der Waals surface area contributed by atoms with Crippen molar-refractivity contribution in [3.63, 3.8) is 0 Å². The Labute approximate surface area is 89.6 Å². The quantitative estimate of drug-likeness (QED) is 0.569. The molecule has 0 unspecified atom stereocenters. The van der Waals surface area contributed by atoms with Gasteiger partial charge < -0.3 is 0 Å². The van der Waals surface area contributed by atoms with Crippen LogP contribution in [0.1, 0.15) is 0 Å². The summed E-state index contributed by atoms with van der Waals surface area (Å²) in [4.78, 5) is 1.41. The van der Waals surface area contributed by atoms with Crippen LogP contribution < -0.4 is 0 Å². The third kappa shape index (κ3) is 1.47. The molecule has 2 aromatic rings. The number of hydrogen-bond acceptors (Lipinski definition) is 3. The highest BCUT2D eigenvalue weighted by Crippen LogP contribution is 2.35. The molecule has 1 aromatic carbocycles. The van der Waals surface area contributed by atoms with Gasteiger partial charge in [-0.1, -0.05) is 0 Å².